The van der Waals surface area contributed by atoms with E-state index in [1.165, 1.54) is 141 Å². The van der Waals surface area contributed by atoms with Crippen molar-refractivity contribution in [2.75, 3.05) is 13.2 Å². The molecule has 0 aromatic heterocycles. The van der Waals surface area contributed by atoms with E-state index in [0.717, 1.165) is 148 Å². The van der Waals surface area contributed by atoms with Gasteiger partial charge in [-0.1, -0.05) is 316 Å². The number of hydrogen-bond donors (Lipinski definition) is 0. The summed E-state index contributed by atoms with van der Waals surface area (Å²) in [5.41, 5.74) is 0. The van der Waals surface area contributed by atoms with Gasteiger partial charge < -0.3 is 14.2 Å². The molecular formula is C75H128O6. The van der Waals surface area contributed by atoms with E-state index in [1.54, 1.807) is 0 Å². The number of esters is 3. The summed E-state index contributed by atoms with van der Waals surface area (Å²) in [5.74, 6) is -0.907. The molecule has 0 saturated carbocycles. The van der Waals surface area contributed by atoms with Crippen LogP contribution >= 0.6 is 0 Å². The van der Waals surface area contributed by atoms with E-state index in [0.29, 0.717) is 19.3 Å². The first-order chi connectivity index (χ1) is 40.0. The standard InChI is InChI=1S/C75H128O6/c1-4-7-10-13-16-19-22-25-28-30-32-34-36-37-39-40-42-44-47-50-53-56-59-62-65-68-74(77)80-71-72(70-79-73(76)67-64-61-58-55-52-49-46-27-24-21-18-15-12-9-6-3)81-75(78)69-66-63-60-57-54-51-48-45-43-41-38-35-33-31-29-26-23-20-17-14-11-8-5-2/h7,9-10,12,16,18-19,21,25,27-28,32,34,37,39,42,44,46,72H,4-6,8,11,13-15,17,20,22-24,26,29-31,33,35-36,38,40-41,43,45,47-71H2,1-3H3/b10-7-,12-9-,19-16-,21-18-,28-25-,34-32-,39-37-,44-42-,46-27-. The van der Waals surface area contributed by atoms with Gasteiger partial charge in [0.05, 0.1) is 0 Å². The van der Waals surface area contributed by atoms with Crippen molar-refractivity contribution in [1.82, 2.24) is 0 Å². The van der Waals surface area contributed by atoms with Gasteiger partial charge in [-0.3, -0.25) is 14.4 Å². The number of allylic oxidation sites excluding steroid dienone is 18. The number of rotatable bonds is 62. The summed E-state index contributed by atoms with van der Waals surface area (Å²) < 4.78 is 17.0. The van der Waals surface area contributed by atoms with E-state index in [9.17, 15) is 14.4 Å². The summed E-state index contributed by atoms with van der Waals surface area (Å²) in [6.07, 6.45) is 93.9. The van der Waals surface area contributed by atoms with Crippen LogP contribution in [0.2, 0.25) is 0 Å². The highest BCUT2D eigenvalue weighted by molar-refractivity contribution is 5.71. The van der Waals surface area contributed by atoms with Gasteiger partial charge in [-0.25, -0.2) is 0 Å². The van der Waals surface area contributed by atoms with Gasteiger partial charge in [-0.05, 0) is 103 Å². The Morgan fingerprint density at radius 3 is 0.753 bits per heavy atom. The molecule has 0 heterocycles. The minimum atomic E-state index is -0.794. The molecule has 0 bridgehead atoms. The number of carbonyl (C=O) groups excluding carboxylic acids is 3. The molecule has 0 fully saturated rings. The number of hydrogen-bond acceptors (Lipinski definition) is 6. The van der Waals surface area contributed by atoms with Gasteiger partial charge in [-0.15, -0.1) is 0 Å². The van der Waals surface area contributed by atoms with Crippen LogP contribution in [-0.4, -0.2) is 37.2 Å². The molecule has 464 valence electrons. The second-order valence-electron chi connectivity index (χ2n) is 22.7. The molecule has 1 atom stereocenters. The number of carbonyl (C=O) groups is 3. The maximum Gasteiger partial charge on any atom is 0.306 e. The van der Waals surface area contributed by atoms with Crippen molar-refractivity contribution < 1.29 is 28.6 Å². The van der Waals surface area contributed by atoms with Crippen LogP contribution in [0.3, 0.4) is 0 Å². The lowest BCUT2D eigenvalue weighted by atomic mass is 10.0. The first-order valence-corrected chi connectivity index (χ1v) is 34.4. The van der Waals surface area contributed by atoms with Gasteiger partial charge in [0, 0.05) is 19.3 Å². The smallest absolute Gasteiger partial charge is 0.306 e. The van der Waals surface area contributed by atoms with Crippen molar-refractivity contribution in [2.45, 2.75) is 335 Å². The highest BCUT2D eigenvalue weighted by Crippen LogP contribution is 2.17. The van der Waals surface area contributed by atoms with Crippen LogP contribution in [0.4, 0.5) is 0 Å². The first kappa shape index (κ1) is 77.1. The number of ether oxygens (including phenoxy) is 3. The third kappa shape index (κ3) is 66.8. The zero-order chi connectivity index (χ0) is 58.5. The van der Waals surface area contributed by atoms with Crippen LogP contribution in [-0.2, 0) is 28.6 Å². The van der Waals surface area contributed by atoms with Gasteiger partial charge in [0.1, 0.15) is 13.2 Å². The molecule has 81 heavy (non-hydrogen) atoms. The van der Waals surface area contributed by atoms with E-state index in [2.05, 4.69) is 130 Å². The second kappa shape index (κ2) is 68.6. The molecule has 0 aliphatic carbocycles. The Balaban J connectivity index is 4.37. The zero-order valence-electron chi connectivity index (χ0n) is 53.3. The van der Waals surface area contributed by atoms with Gasteiger partial charge in [0.2, 0.25) is 0 Å². The molecule has 1 unspecified atom stereocenters. The maximum atomic E-state index is 13.0. The molecule has 0 aromatic carbocycles. The van der Waals surface area contributed by atoms with Crippen molar-refractivity contribution in [1.29, 1.82) is 0 Å². The molecule has 0 aliphatic heterocycles. The highest BCUT2D eigenvalue weighted by atomic mass is 16.6. The van der Waals surface area contributed by atoms with Gasteiger partial charge in [-0.2, -0.15) is 0 Å². The van der Waals surface area contributed by atoms with Crippen LogP contribution in [0, 0.1) is 0 Å². The average Bonchev–Trinajstić information content (AvgIpc) is 3.47. The van der Waals surface area contributed by atoms with E-state index >= 15 is 0 Å². The Hall–Kier alpha value is -3.93. The molecule has 6 nitrogen and oxygen atoms in total. The molecule has 0 N–H and O–H groups in total. The summed E-state index contributed by atoms with van der Waals surface area (Å²) in [4.78, 5) is 38.4. The van der Waals surface area contributed by atoms with Crippen LogP contribution in [0.5, 0.6) is 0 Å². The van der Waals surface area contributed by atoms with Gasteiger partial charge >= 0.3 is 17.9 Å². The predicted octanol–water partition coefficient (Wildman–Crippen LogP) is 23.8. The normalized spacial score (nSPS) is 12.8. The fourth-order valence-corrected chi connectivity index (χ4v) is 9.70. The Morgan fingerprint density at radius 1 is 0.259 bits per heavy atom. The average molecular weight is 1130 g/mol. The monoisotopic (exact) mass is 1120 g/mol. The van der Waals surface area contributed by atoms with Crippen LogP contribution in [0.25, 0.3) is 0 Å². The van der Waals surface area contributed by atoms with Crippen molar-refractivity contribution in [3.63, 3.8) is 0 Å². The fraction of sp³-hybridized carbons (Fsp3) is 0.720. The Kier molecular flexibility index (Phi) is 65.2. The molecular weight excluding hydrogens is 997 g/mol. The summed E-state index contributed by atoms with van der Waals surface area (Å²) in [6.45, 7) is 6.43. The van der Waals surface area contributed by atoms with Gasteiger partial charge in [0.15, 0.2) is 6.10 Å². The third-order valence-corrected chi connectivity index (χ3v) is 14.8. The van der Waals surface area contributed by atoms with E-state index in [-0.39, 0.29) is 31.1 Å². The maximum absolute atomic E-state index is 13.0. The lowest BCUT2D eigenvalue weighted by molar-refractivity contribution is -0.167. The SMILES string of the molecule is CC/C=C\C/C=C\C/C=C\C/C=C\C/C=C\C/C=C\CCCCCCCCC(=O)OCC(COC(=O)CCCCCCC/C=C\C/C=C\C/C=C\CC)OC(=O)CCCCCCCCCCCCCCCCCCCCCCCCC. The van der Waals surface area contributed by atoms with E-state index < -0.39 is 6.10 Å². The topological polar surface area (TPSA) is 78.9 Å². The van der Waals surface area contributed by atoms with Crippen LogP contribution in [0.1, 0.15) is 329 Å². The summed E-state index contributed by atoms with van der Waals surface area (Å²) in [5, 5.41) is 0. The molecule has 0 aromatic rings. The molecule has 0 radical (unpaired) electrons. The molecule has 0 saturated heterocycles. The van der Waals surface area contributed by atoms with E-state index in [4.69, 9.17) is 14.2 Å². The van der Waals surface area contributed by atoms with Crippen molar-refractivity contribution in [2.24, 2.45) is 0 Å². The zero-order valence-corrected chi connectivity index (χ0v) is 53.3. The number of unbranched alkanes of at least 4 members (excludes halogenated alkanes) is 33. The highest BCUT2D eigenvalue weighted by Gasteiger charge is 2.19. The third-order valence-electron chi connectivity index (χ3n) is 14.8. The Bertz CT molecular complexity index is 1620. The quantitative estimate of drug-likeness (QED) is 0.0261. The van der Waals surface area contributed by atoms with E-state index in [1.807, 2.05) is 0 Å². The minimum Gasteiger partial charge on any atom is -0.462 e. The second-order valence-corrected chi connectivity index (χ2v) is 22.7. The lowest BCUT2D eigenvalue weighted by Crippen LogP contribution is -2.30. The summed E-state index contributed by atoms with van der Waals surface area (Å²) >= 11 is 0. The molecule has 0 amide bonds. The Morgan fingerprint density at radius 2 is 0.481 bits per heavy atom. The molecule has 0 aliphatic rings. The van der Waals surface area contributed by atoms with Crippen molar-refractivity contribution >= 4 is 17.9 Å². The first-order valence-electron chi connectivity index (χ1n) is 34.4. The van der Waals surface area contributed by atoms with Crippen LogP contribution < -0.4 is 0 Å². The molecule has 0 spiro atoms. The molecule has 0 rings (SSSR count). The largest absolute Gasteiger partial charge is 0.462 e. The minimum absolute atomic E-state index is 0.0904. The van der Waals surface area contributed by atoms with Gasteiger partial charge in [0.25, 0.3) is 0 Å². The van der Waals surface area contributed by atoms with Crippen molar-refractivity contribution in [3.8, 4) is 0 Å². The fourth-order valence-electron chi connectivity index (χ4n) is 9.70. The Labute approximate surface area is 501 Å². The summed E-state index contributed by atoms with van der Waals surface area (Å²) in [7, 11) is 0. The lowest BCUT2D eigenvalue weighted by Gasteiger charge is -2.18. The molecule has 6 heteroatoms. The van der Waals surface area contributed by atoms with Crippen molar-refractivity contribution in [3.05, 3.63) is 109 Å². The summed E-state index contributed by atoms with van der Waals surface area (Å²) in [6, 6.07) is 0. The van der Waals surface area contributed by atoms with Crippen LogP contribution in [0.15, 0.2) is 109 Å². The predicted molar refractivity (Wildman–Crippen MR) is 353 cm³/mol.